The number of hydrogen-bond donors (Lipinski definition) is 1. The number of carbonyl (C=O) groups excluding carboxylic acids is 1. The fourth-order valence-electron chi connectivity index (χ4n) is 3.69. The van der Waals surface area contributed by atoms with E-state index in [1.54, 1.807) is 11.3 Å². The SMILES string of the molecule is Cc1nc(-c2ccc(CC(=O)N[C@@H]3CCN(Cc4ccccc4)C3)cc2)cs1. The Kier molecular flexibility index (Phi) is 5.84. The predicted octanol–water partition coefficient (Wildman–Crippen LogP) is 4.05. The van der Waals surface area contributed by atoms with Crippen LogP contribution in [0.2, 0.25) is 0 Å². The number of nitrogens with one attached hydrogen (secondary N) is 1. The first-order valence-corrected chi connectivity index (χ1v) is 10.6. The maximum atomic E-state index is 12.5. The van der Waals surface area contributed by atoms with Gasteiger partial charge in [-0.1, -0.05) is 54.6 Å². The molecule has 2 heterocycles. The highest BCUT2D eigenvalue weighted by atomic mass is 32.1. The first kappa shape index (κ1) is 18.8. The fourth-order valence-corrected chi connectivity index (χ4v) is 4.31. The molecule has 0 spiro atoms. The maximum Gasteiger partial charge on any atom is 0.224 e. The number of benzene rings is 2. The molecule has 5 heteroatoms. The van der Waals surface area contributed by atoms with Crippen molar-refractivity contribution < 1.29 is 4.79 Å². The second-order valence-corrected chi connectivity index (χ2v) is 8.46. The molecule has 0 saturated carbocycles. The molecule has 28 heavy (non-hydrogen) atoms. The van der Waals surface area contributed by atoms with E-state index in [0.717, 1.165) is 47.9 Å². The van der Waals surface area contributed by atoms with E-state index in [1.165, 1.54) is 5.56 Å². The van der Waals surface area contributed by atoms with Crippen LogP contribution in [0.3, 0.4) is 0 Å². The van der Waals surface area contributed by atoms with Crippen LogP contribution in [0.1, 0.15) is 22.6 Å². The average Bonchev–Trinajstić information content (AvgIpc) is 3.32. The maximum absolute atomic E-state index is 12.5. The summed E-state index contributed by atoms with van der Waals surface area (Å²) in [6, 6.07) is 18.9. The number of likely N-dealkylation sites (tertiary alicyclic amines) is 1. The lowest BCUT2D eigenvalue weighted by Gasteiger charge is -2.17. The molecule has 0 radical (unpaired) electrons. The van der Waals surface area contributed by atoms with Crippen LogP contribution in [0.5, 0.6) is 0 Å². The highest BCUT2D eigenvalue weighted by Crippen LogP contribution is 2.22. The topological polar surface area (TPSA) is 45.2 Å². The molecule has 0 aliphatic carbocycles. The molecule has 1 aliphatic rings. The number of aromatic nitrogens is 1. The van der Waals surface area contributed by atoms with Crippen molar-refractivity contribution in [2.75, 3.05) is 13.1 Å². The van der Waals surface area contributed by atoms with Crippen molar-refractivity contribution in [3.05, 3.63) is 76.1 Å². The van der Waals surface area contributed by atoms with E-state index in [4.69, 9.17) is 0 Å². The van der Waals surface area contributed by atoms with Crippen LogP contribution in [0.15, 0.2) is 60.0 Å². The van der Waals surface area contributed by atoms with Gasteiger partial charge in [-0.3, -0.25) is 9.69 Å². The Morgan fingerprint density at radius 3 is 2.64 bits per heavy atom. The molecule has 1 saturated heterocycles. The van der Waals surface area contributed by atoms with Crippen LogP contribution < -0.4 is 5.32 Å². The quantitative estimate of drug-likeness (QED) is 0.689. The number of aryl methyl sites for hydroxylation is 1. The average molecular weight is 392 g/mol. The summed E-state index contributed by atoms with van der Waals surface area (Å²) in [5.74, 6) is 0.101. The third-order valence-corrected chi connectivity index (χ3v) is 5.89. The van der Waals surface area contributed by atoms with Gasteiger partial charge < -0.3 is 5.32 Å². The number of nitrogens with zero attached hydrogens (tertiary/aromatic N) is 2. The van der Waals surface area contributed by atoms with Crippen LogP contribution in [0, 0.1) is 6.92 Å². The fraction of sp³-hybridized carbons (Fsp3) is 0.304. The van der Waals surface area contributed by atoms with Gasteiger partial charge in [-0.25, -0.2) is 4.98 Å². The lowest BCUT2D eigenvalue weighted by atomic mass is 10.1. The second-order valence-electron chi connectivity index (χ2n) is 7.40. The largest absolute Gasteiger partial charge is 0.352 e. The van der Waals surface area contributed by atoms with Crippen molar-refractivity contribution in [3.63, 3.8) is 0 Å². The Morgan fingerprint density at radius 1 is 1.14 bits per heavy atom. The van der Waals surface area contributed by atoms with Gasteiger partial charge in [0.25, 0.3) is 0 Å². The number of rotatable bonds is 6. The zero-order valence-corrected chi connectivity index (χ0v) is 16.9. The van der Waals surface area contributed by atoms with Crippen LogP contribution in [0.4, 0.5) is 0 Å². The van der Waals surface area contributed by atoms with Crippen molar-refractivity contribution in [3.8, 4) is 11.3 Å². The monoisotopic (exact) mass is 391 g/mol. The first-order chi connectivity index (χ1) is 13.7. The van der Waals surface area contributed by atoms with Gasteiger partial charge in [0.05, 0.1) is 17.1 Å². The Balaban J connectivity index is 1.26. The second kappa shape index (κ2) is 8.67. The lowest BCUT2D eigenvalue weighted by molar-refractivity contribution is -0.121. The van der Waals surface area contributed by atoms with Crippen LogP contribution in [-0.2, 0) is 17.8 Å². The van der Waals surface area contributed by atoms with E-state index in [2.05, 4.69) is 44.8 Å². The summed E-state index contributed by atoms with van der Waals surface area (Å²) in [7, 11) is 0. The molecule has 4 nitrogen and oxygen atoms in total. The normalized spacial score (nSPS) is 17.0. The van der Waals surface area contributed by atoms with E-state index >= 15 is 0 Å². The van der Waals surface area contributed by atoms with Gasteiger partial charge in [-0.05, 0) is 24.5 Å². The number of hydrogen-bond acceptors (Lipinski definition) is 4. The molecule has 1 atom stereocenters. The molecule has 4 rings (SSSR count). The summed E-state index contributed by atoms with van der Waals surface area (Å²) < 4.78 is 0. The highest BCUT2D eigenvalue weighted by Gasteiger charge is 2.23. The highest BCUT2D eigenvalue weighted by molar-refractivity contribution is 7.09. The first-order valence-electron chi connectivity index (χ1n) is 9.73. The third kappa shape index (κ3) is 4.86. The van der Waals surface area contributed by atoms with E-state index in [0.29, 0.717) is 6.42 Å². The summed E-state index contributed by atoms with van der Waals surface area (Å²) in [4.78, 5) is 19.4. The van der Waals surface area contributed by atoms with Crippen molar-refractivity contribution in [1.29, 1.82) is 0 Å². The van der Waals surface area contributed by atoms with E-state index in [9.17, 15) is 4.79 Å². The lowest BCUT2D eigenvalue weighted by Crippen LogP contribution is -2.37. The molecule has 144 valence electrons. The molecule has 0 unspecified atom stereocenters. The summed E-state index contributed by atoms with van der Waals surface area (Å²) in [6.45, 7) is 4.91. The smallest absolute Gasteiger partial charge is 0.224 e. The molecular formula is C23H25N3OS. The number of amides is 1. The Hall–Kier alpha value is -2.50. The minimum atomic E-state index is 0.101. The predicted molar refractivity (Wildman–Crippen MR) is 114 cm³/mol. The minimum absolute atomic E-state index is 0.101. The molecule has 1 fully saturated rings. The Morgan fingerprint density at radius 2 is 1.93 bits per heavy atom. The molecule has 1 aliphatic heterocycles. The van der Waals surface area contributed by atoms with Gasteiger partial charge in [0.1, 0.15) is 0 Å². The Bertz CT molecular complexity index is 921. The van der Waals surface area contributed by atoms with Crippen molar-refractivity contribution in [2.45, 2.75) is 32.4 Å². The standard InChI is InChI=1S/C23H25N3OS/c1-17-24-22(16-28-17)20-9-7-18(8-10-20)13-23(27)25-21-11-12-26(15-21)14-19-5-3-2-4-6-19/h2-10,16,21H,11-15H2,1H3,(H,25,27)/t21-/m1/s1. The number of carbonyl (C=O) groups is 1. The molecule has 3 aromatic rings. The van der Waals surface area contributed by atoms with Gasteiger partial charge in [0, 0.05) is 36.6 Å². The van der Waals surface area contributed by atoms with Crippen LogP contribution >= 0.6 is 11.3 Å². The van der Waals surface area contributed by atoms with Crippen LogP contribution in [-0.4, -0.2) is 34.9 Å². The zero-order chi connectivity index (χ0) is 19.3. The Labute approximate surface area is 170 Å². The minimum Gasteiger partial charge on any atom is -0.352 e. The van der Waals surface area contributed by atoms with E-state index in [1.807, 2.05) is 37.3 Å². The van der Waals surface area contributed by atoms with Crippen molar-refractivity contribution >= 4 is 17.2 Å². The van der Waals surface area contributed by atoms with Crippen LogP contribution in [0.25, 0.3) is 11.3 Å². The van der Waals surface area contributed by atoms with Gasteiger partial charge in [0.2, 0.25) is 5.91 Å². The molecule has 1 amide bonds. The van der Waals surface area contributed by atoms with E-state index < -0.39 is 0 Å². The summed E-state index contributed by atoms with van der Waals surface area (Å²) in [6.07, 6.45) is 1.44. The molecule has 1 N–H and O–H groups in total. The van der Waals surface area contributed by atoms with Gasteiger partial charge in [0.15, 0.2) is 0 Å². The molecular weight excluding hydrogens is 366 g/mol. The summed E-state index contributed by atoms with van der Waals surface area (Å²) in [5, 5.41) is 6.34. The van der Waals surface area contributed by atoms with Gasteiger partial charge in [-0.2, -0.15) is 0 Å². The van der Waals surface area contributed by atoms with E-state index in [-0.39, 0.29) is 11.9 Å². The van der Waals surface area contributed by atoms with Crippen molar-refractivity contribution in [2.24, 2.45) is 0 Å². The molecule has 0 bridgehead atoms. The summed E-state index contributed by atoms with van der Waals surface area (Å²) in [5.41, 5.74) is 4.46. The third-order valence-electron chi connectivity index (χ3n) is 5.12. The summed E-state index contributed by atoms with van der Waals surface area (Å²) >= 11 is 1.65. The zero-order valence-electron chi connectivity index (χ0n) is 16.1. The van der Waals surface area contributed by atoms with Crippen molar-refractivity contribution in [1.82, 2.24) is 15.2 Å². The molecule has 2 aromatic carbocycles. The molecule has 1 aromatic heterocycles. The van der Waals surface area contributed by atoms with Gasteiger partial charge >= 0.3 is 0 Å². The number of thiazole rings is 1. The van der Waals surface area contributed by atoms with Gasteiger partial charge in [-0.15, -0.1) is 11.3 Å².